The van der Waals surface area contributed by atoms with Crippen molar-refractivity contribution in [2.75, 3.05) is 40.3 Å². The Balaban J connectivity index is 1.66. The summed E-state index contributed by atoms with van der Waals surface area (Å²) in [6.45, 7) is 5.45. The third kappa shape index (κ3) is 3.84. The van der Waals surface area contributed by atoms with E-state index >= 15 is 0 Å². The summed E-state index contributed by atoms with van der Waals surface area (Å²) in [6, 6.07) is 6.08. The lowest BCUT2D eigenvalue weighted by molar-refractivity contribution is -0.143. The second-order valence-electron chi connectivity index (χ2n) is 7.63. The van der Waals surface area contributed by atoms with E-state index in [0.717, 1.165) is 50.3 Å². The molecular formula is C19H28N4O2. The highest BCUT2D eigenvalue weighted by Crippen LogP contribution is 2.40. The fraction of sp³-hybridized carbons (Fsp3) is 0.632. The number of aromatic nitrogens is 1. The van der Waals surface area contributed by atoms with Crippen LogP contribution in [0.25, 0.3) is 0 Å². The first-order valence-electron chi connectivity index (χ1n) is 9.04. The molecule has 2 fully saturated rings. The van der Waals surface area contributed by atoms with E-state index in [4.69, 9.17) is 0 Å². The quantitative estimate of drug-likeness (QED) is 0.826. The van der Waals surface area contributed by atoms with Gasteiger partial charge >= 0.3 is 0 Å². The number of amides is 2. The standard InChI is InChI=1S/C19H28N4O2/c1-15-6-4-7-16(20-15)12-22-10-5-8-19(14-22)9-11-23(18(19)25)13-17(24)21(2)3/h4,6-7H,5,8-14H2,1-3H3/t19-/m0/s1. The molecule has 0 radical (unpaired) electrons. The monoisotopic (exact) mass is 344 g/mol. The Morgan fingerprint density at radius 2 is 2.08 bits per heavy atom. The number of rotatable bonds is 4. The lowest BCUT2D eigenvalue weighted by Crippen LogP contribution is -2.48. The van der Waals surface area contributed by atoms with Crippen molar-refractivity contribution in [3.05, 3.63) is 29.6 Å². The van der Waals surface area contributed by atoms with E-state index < -0.39 is 0 Å². The maximum Gasteiger partial charge on any atom is 0.241 e. The van der Waals surface area contributed by atoms with Gasteiger partial charge in [0.25, 0.3) is 0 Å². The molecule has 1 aromatic heterocycles. The zero-order chi connectivity index (χ0) is 18.0. The van der Waals surface area contributed by atoms with E-state index in [1.165, 1.54) is 0 Å². The van der Waals surface area contributed by atoms with Crippen molar-refractivity contribution < 1.29 is 9.59 Å². The van der Waals surface area contributed by atoms with E-state index in [2.05, 4.69) is 9.88 Å². The number of hydrogen-bond acceptors (Lipinski definition) is 4. The van der Waals surface area contributed by atoms with Gasteiger partial charge in [-0.05, 0) is 44.9 Å². The van der Waals surface area contributed by atoms with Crippen LogP contribution in [-0.2, 0) is 16.1 Å². The van der Waals surface area contributed by atoms with Crippen LogP contribution in [0, 0.1) is 12.3 Å². The largest absolute Gasteiger partial charge is 0.347 e. The molecule has 0 unspecified atom stereocenters. The van der Waals surface area contributed by atoms with E-state index in [0.29, 0.717) is 6.54 Å². The van der Waals surface area contributed by atoms with Crippen molar-refractivity contribution in [3.8, 4) is 0 Å². The van der Waals surface area contributed by atoms with Gasteiger partial charge in [-0.3, -0.25) is 19.5 Å². The van der Waals surface area contributed by atoms with E-state index in [9.17, 15) is 9.59 Å². The fourth-order valence-corrected chi connectivity index (χ4v) is 4.01. The summed E-state index contributed by atoms with van der Waals surface area (Å²) in [5, 5.41) is 0. The molecule has 1 atom stereocenters. The smallest absolute Gasteiger partial charge is 0.241 e. The number of piperidine rings is 1. The van der Waals surface area contributed by atoms with Gasteiger partial charge in [-0.25, -0.2) is 0 Å². The summed E-state index contributed by atoms with van der Waals surface area (Å²) in [5.41, 5.74) is 1.77. The van der Waals surface area contributed by atoms with Gasteiger partial charge in [0.1, 0.15) is 0 Å². The Hall–Kier alpha value is -1.95. The third-order valence-corrected chi connectivity index (χ3v) is 5.41. The topological polar surface area (TPSA) is 56.8 Å². The van der Waals surface area contributed by atoms with Crippen LogP contribution in [0.2, 0.25) is 0 Å². The summed E-state index contributed by atoms with van der Waals surface area (Å²) in [6.07, 6.45) is 2.80. The summed E-state index contributed by atoms with van der Waals surface area (Å²) >= 11 is 0. The molecule has 25 heavy (non-hydrogen) atoms. The Kier molecular flexibility index (Phi) is 5.08. The summed E-state index contributed by atoms with van der Waals surface area (Å²) < 4.78 is 0. The van der Waals surface area contributed by atoms with Crippen LogP contribution in [-0.4, -0.2) is 71.8 Å². The molecule has 2 saturated heterocycles. The average Bonchev–Trinajstić information content (AvgIpc) is 2.84. The number of likely N-dealkylation sites (tertiary alicyclic amines) is 2. The molecule has 0 aliphatic carbocycles. The Morgan fingerprint density at radius 3 is 2.80 bits per heavy atom. The Labute approximate surface area is 149 Å². The Morgan fingerprint density at radius 1 is 1.28 bits per heavy atom. The fourth-order valence-electron chi connectivity index (χ4n) is 4.01. The molecule has 1 spiro atoms. The molecule has 136 valence electrons. The number of carbonyl (C=O) groups is 2. The number of pyridine rings is 1. The van der Waals surface area contributed by atoms with Crippen molar-refractivity contribution in [1.29, 1.82) is 0 Å². The molecule has 3 rings (SSSR count). The Bertz CT molecular complexity index is 661. The minimum absolute atomic E-state index is 0.0120. The zero-order valence-electron chi connectivity index (χ0n) is 15.5. The second-order valence-corrected chi connectivity index (χ2v) is 7.63. The van der Waals surface area contributed by atoms with Crippen LogP contribution < -0.4 is 0 Å². The predicted molar refractivity (Wildman–Crippen MR) is 95.8 cm³/mol. The SMILES string of the molecule is Cc1cccc(CN2CCC[C@]3(CCN(CC(=O)N(C)C)C3=O)C2)n1. The van der Waals surface area contributed by atoms with Crippen molar-refractivity contribution in [1.82, 2.24) is 19.7 Å². The molecule has 2 amide bonds. The summed E-state index contributed by atoms with van der Waals surface area (Å²) in [5.74, 6) is 0.145. The molecule has 0 bridgehead atoms. The van der Waals surface area contributed by atoms with E-state index in [1.54, 1.807) is 23.9 Å². The van der Waals surface area contributed by atoms with Crippen LogP contribution in [0.4, 0.5) is 0 Å². The van der Waals surface area contributed by atoms with Crippen molar-refractivity contribution in [2.24, 2.45) is 5.41 Å². The summed E-state index contributed by atoms with van der Waals surface area (Å²) in [4.78, 5) is 35.2. The normalized spacial score (nSPS) is 24.1. The maximum atomic E-state index is 13.0. The first-order valence-corrected chi connectivity index (χ1v) is 9.04. The number of nitrogens with zero attached hydrogens (tertiary/aromatic N) is 4. The predicted octanol–water partition coefficient (Wildman–Crippen LogP) is 1.29. The molecule has 6 heteroatoms. The molecule has 0 aromatic carbocycles. The van der Waals surface area contributed by atoms with Crippen LogP contribution in [0.1, 0.15) is 30.7 Å². The van der Waals surface area contributed by atoms with Crippen molar-refractivity contribution in [2.45, 2.75) is 32.7 Å². The average molecular weight is 344 g/mol. The van der Waals surface area contributed by atoms with Crippen LogP contribution in [0.3, 0.4) is 0 Å². The van der Waals surface area contributed by atoms with Gasteiger partial charge in [0.15, 0.2) is 0 Å². The molecule has 3 heterocycles. The van der Waals surface area contributed by atoms with E-state index in [-0.39, 0.29) is 23.8 Å². The molecule has 2 aliphatic heterocycles. The number of likely N-dealkylation sites (N-methyl/N-ethyl adjacent to an activating group) is 1. The van der Waals surface area contributed by atoms with Crippen LogP contribution in [0.5, 0.6) is 0 Å². The lowest BCUT2D eigenvalue weighted by atomic mass is 9.78. The second kappa shape index (κ2) is 7.12. The third-order valence-electron chi connectivity index (χ3n) is 5.41. The highest BCUT2D eigenvalue weighted by atomic mass is 16.2. The van der Waals surface area contributed by atoms with Crippen LogP contribution >= 0.6 is 0 Å². The molecule has 1 aromatic rings. The van der Waals surface area contributed by atoms with Crippen molar-refractivity contribution in [3.63, 3.8) is 0 Å². The first kappa shape index (κ1) is 17.9. The zero-order valence-corrected chi connectivity index (χ0v) is 15.5. The van der Waals surface area contributed by atoms with Gasteiger partial charge < -0.3 is 9.80 Å². The van der Waals surface area contributed by atoms with E-state index in [1.807, 2.05) is 25.1 Å². The number of aryl methyl sites for hydroxylation is 1. The van der Waals surface area contributed by atoms with Gasteiger partial charge in [0.2, 0.25) is 11.8 Å². The lowest BCUT2D eigenvalue weighted by Gasteiger charge is -2.39. The number of carbonyl (C=O) groups excluding carboxylic acids is 2. The molecule has 6 nitrogen and oxygen atoms in total. The molecule has 0 saturated carbocycles. The first-order chi connectivity index (χ1) is 11.9. The minimum Gasteiger partial charge on any atom is -0.347 e. The van der Waals surface area contributed by atoms with Gasteiger partial charge in [0, 0.05) is 39.4 Å². The highest BCUT2D eigenvalue weighted by molar-refractivity contribution is 5.89. The van der Waals surface area contributed by atoms with Gasteiger partial charge in [0.05, 0.1) is 17.7 Å². The van der Waals surface area contributed by atoms with Gasteiger partial charge in [-0.2, -0.15) is 0 Å². The maximum absolute atomic E-state index is 13.0. The van der Waals surface area contributed by atoms with Crippen molar-refractivity contribution >= 4 is 11.8 Å². The van der Waals surface area contributed by atoms with Crippen LogP contribution in [0.15, 0.2) is 18.2 Å². The van der Waals surface area contributed by atoms with Gasteiger partial charge in [-0.1, -0.05) is 6.07 Å². The molecule has 2 aliphatic rings. The summed E-state index contributed by atoms with van der Waals surface area (Å²) in [7, 11) is 3.46. The minimum atomic E-state index is -0.311. The number of hydrogen-bond donors (Lipinski definition) is 0. The molecule has 0 N–H and O–H groups in total. The van der Waals surface area contributed by atoms with Gasteiger partial charge in [-0.15, -0.1) is 0 Å². The highest BCUT2D eigenvalue weighted by Gasteiger charge is 2.49. The molecular weight excluding hydrogens is 316 g/mol.